The zero-order valence-corrected chi connectivity index (χ0v) is 9.44. The topological polar surface area (TPSA) is 59.6 Å². The molecule has 5 heteroatoms. The second kappa shape index (κ2) is 3.98. The SMILES string of the molecule is CC1OC([C@@H]2C[C@@H](NC(=O)C3CC3)CN2)O1. The third-order valence-corrected chi connectivity index (χ3v) is 3.44. The van der Waals surface area contributed by atoms with Crippen LogP contribution in [0.5, 0.6) is 0 Å². The number of nitrogens with one attached hydrogen (secondary N) is 2. The van der Waals surface area contributed by atoms with Crippen LogP contribution in [0.15, 0.2) is 0 Å². The molecular weight excluding hydrogens is 208 g/mol. The Labute approximate surface area is 94.9 Å². The second-order valence-corrected chi connectivity index (χ2v) is 4.94. The maximum Gasteiger partial charge on any atom is 0.223 e. The number of ether oxygens (including phenoxy) is 2. The monoisotopic (exact) mass is 226 g/mol. The Kier molecular flexibility index (Phi) is 2.61. The van der Waals surface area contributed by atoms with Crippen molar-refractivity contribution in [2.45, 2.75) is 50.8 Å². The van der Waals surface area contributed by atoms with Crippen LogP contribution in [0.2, 0.25) is 0 Å². The highest BCUT2D eigenvalue weighted by molar-refractivity contribution is 5.81. The van der Waals surface area contributed by atoms with Crippen molar-refractivity contribution >= 4 is 5.91 Å². The Balaban J connectivity index is 1.44. The van der Waals surface area contributed by atoms with Crippen molar-refractivity contribution in [2.75, 3.05) is 6.54 Å². The summed E-state index contributed by atoms with van der Waals surface area (Å²) < 4.78 is 10.9. The number of carbonyl (C=O) groups excluding carboxylic acids is 1. The van der Waals surface area contributed by atoms with E-state index in [-0.39, 0.29) is 36.5 Å². The van der Waals surface area contributed by atoms with Crippen molar-refractivity contribution in [3.05, 3.63) is 0 Å². The summed E-state index contributed by atoms with van der Waals surface area (Å²) >= 11 is 0. The normalized spacial score (nSPS) is 42.8. The molecule has 2 aliphatic heterocycles. The van der Waals surface area contributed by atoms with Crippen molar-refractivity contribution in [1.82, 2.24) is 10.6 Å². The Morgan fingerprint density at radius 3 is 2.75 bits per heavy atom. The lowest BCUT2D eigenvalue weighted by molar-refractivity contribution is -0.382. The minimum Gasteiger partial charge on any atom is -0.352 e. The molecule has 5 nitrogen and oxygen atoms in total. The molecule has 2 atom stereocenters. The average molecular weight is 226 g/mol. The first kappa shape index (κ1) is 10.5. The van der Waals surface area contributed by atoms with Gasteiger partial charge in [-0.05, 0) is 26.2 Å². The minimum atomic E-state index is -0.127. The highest BCUT2D eigenvalue weighted by Gasteiger charge is 2.40. The molecule has 1 saturated carbocycles. The first-order chi connectivity index (χ1) is 7.72. The second-order valence-electron chi connectivity index (χ2n) is 4.94. The van der Waals surface area contributed by atoms with Crippen LogP contribution in [0.4, 0.5) is 0 Å². The highest BCUT2D eigenvalue weighted by atomic mass is 16.9. The Morgan fingerprint density at radius 2 is 2.12 bits per heavy atom. The molecule has 0 aromatic carbocycles. The predicted octanol–water partition coefficient (Wildman–Crippen LogP) is -0.0380. The van der Waals surface area contributed by atoms with Crippen molar-refractivity contribution in [3.63, 3.8) is 0 Å². The van der Waals surface area contributed by atoms with E-state index in [4.69, 9.17) is 9.47 Å². The van der Waals surface area contributed by atoms with Gasteiger partial charge >= 0.3 is 0 Å². The molecule has 2 heterocycles. The van der Waals surface area contributed by atoms with Gasteiger partial charge in [-0.2, -0.15) is 0 Å². The summed E-state index contributed by atoms with van der Waals surface area (Å²) in [6.07, 6.45) is 2.81. The fourth-order valence-corrected chi connectivity index (χ4v) is 2.33. The molecule has 0 aromatic heterocycles. The fraction of sp³-hybridized carbons (Fsp3) is 0.909. The quantitative estimate of drug-likeness (QED) is 0.709. The van der Waals surface area contributed by atoms with Crippen molar-refractivity contribution in [3.8, 4) is 0 Å². The lowest BCUT2D eigenvalue weighted by Crippen LogP contribution is -2.50. The summed E-state index contributed by atoms with van der Waals surface area (Å²) in [6, 6.07) is 0.460. The Morgan fingerprint density at radius 1 is 1.38 bits per heavy atom. The van der Waals surface area contributed by atoms with E-state index in [1.165, 1.54) is 0 Å². The summed E-state index contributed by atoms with van der Waals surface area (Å²) in [5.74, 6) is 0.506. The van der Waals surface area contributed by atoms with Crippen LogP contribution in [0.1, 0.15) is 26.2 Å². The first-order valence-corrected chi connectivity index (χ1v) is 6.07. The standard InChI is InChI=1S/C11H18N2O3/c1-6-15-11(16-6)9-4-8(5-12-9)13-10(14)7-2-3-7/h6-9,11-12H,2-5H2,1H3,(H,13,14)/t6?,8-,9+,11?/m1/s1. The zero-order valence-electron chi connectivity index (χ0n) is 9.44. The maximum absolute atomic E-state index is 11.6. The van der Waals surface area contributed by atoms with Gasteiger partial charge in [-0.15, -0.1) is 0 Å². The van der Waals surface area contributed by atoms with Crippen LogP contribution in [0.3, 0.4) is 0 Å². The van der Waals surface area contributed by atoms with E-state index < -0.39 is 0 Å². The largest absolute Gasteiger partial charge is 0.352 e. The average Bonchev–Trinajstić information content (AvgIpc) is 2.96. The third kappa shape index (κ3) is 2.07. The molecule has 0 spiro atoms. The first-order valence-electron chi connectivity index (χ1n) is 6.07. The van der Waals surface area contributed by atoms with Crippen molar-refractivity contribution in [1.29, 1.82) is 0 Å². The molecule has 3 fully saturated rings. The van der Waals surface area contributed by atoms with E-state index in [0.29, 0.717) is 0 Å². The molecule has 0 unspecified atom stereocenters. The van der Waals surface area contributed by atoms with Crippen LogP contribution in [0.25, 0.3) is 0 Å². The van der Waals surface area contributed by atoms with E-state index in [1.807, 2.05) is 6.92 Å². The van der Waals surface area contributed by atoms with E-state index in [9.17, 15) is 4.79 Å². The fourth-order valence-electron chi connectivity index (χ4n) is 2.33. The number of hydrogen-bond acceptors (Lipinski definition) is 4. The molecule has 0 radical (unpaired) electrons. The molecule has 3 aliphatic rings. The van der Waals surface area contributed by atoms with Gasteiger partial charge in [0.05, 0.1) is 6.04 Å². The van der Waals surface area contributed by atoms with Crippen LogP contribution in [0, 0.1) is 5.92 Å². The van der Waals surface area contributed by atoms with E-state index in [2.05, 4.69) is 10.6 Å². The molecule has 2 N–H and O–H groups in total. The maximum atomic E-state index is 11.6. The van der Waals surface area contributed by atoms with Crippen LogP contribution >= 0.6 is 0 Å². The van der Waals surface area contributed by atoms with Crippen molar-refractivity contribution < 1.29 is 14.3 Å². The number of hydrogen-bond donors (Lipinski definition) is 2. The summed E-state index contributed by atoms with van der Waals surface area (Å²) in [5, 5.41) is 6.40. The molecule has 2 saturated heterocycles. The molecule has 3 rings (SSSR count). The van der Waals surface area contributed by atoms with E-state index in [1.54, 1.807) is 0 Å². The smallest absolute Gasteiger partial charge is 0.223 e. The summed E-state index contributed by atoms with van der Waals surface area (Å²) in [6.45, 7) is 2.71. The lowest BCUT2D eigenvalue weighted by Gasteiger charge is -2.37. The molecule has 1 amide bonds. The Bertz CT molecular complexity index is 287. The molecule has 90 valence electrons. The van der Waals surface area contributed by atoms with Gasteiger partial charge in [0.15, 0.2) is 12.6 Å². The van der Waals surface area contributed by atoms with Gasteiger partial charge in [0.2, 0.25) is 5.91 Å². The molecule has 1 aliphatic carbocycles. The van der Waals surface area contributed by atoms with Gasteiger partial charge < -0.3 is 20.1 Å². The number of rotatable bonds is 3. The van der Waals surface area contributed by atoms with Gasteiger partial charge in [-0.25, -0.2) is 0 Å². The predicted molar refractivity (Wildman–Crippen MR) is 56.5 cm³/mol. The van der Waals surface area contributed by atoms with E-state index >= 15 is 0 Å². The highest BCUT2D eigenvalue weighted by Crippen LogP contribution is 2.29. The van der Waals surface area contributed by atoms with Gasteiger partial charge in [0.25, 0.3) is 0 Å². The lowest BCUT2D eigenvalue weighted by atomic mass is 10.1. The van der Waals surface area contributed by atoms with Crippen molar-refractivity contribution in [2.24, 2.45) is 5.92 Å². The molecule has 16 heavy (non-hydrogen) atoms. The molecule has 0 bridgehead atoms. The van der Waals surface area contributed by atoms with Crippen LogP contribution in [-0.2, 0) is 14.3 Å². The summed E-state index contributed by atoms with van der Waals surface area (Å²) in [7, 11) is 0. The van der Waals surface area contributed by atoms with E-state index in [0.717, 1.165) is 25.8 Å². The Hall–Kier alpha value is -0.650. The van der Waals surface area contributed by atoms with Gasteiger partial charge in [0.1, 0.15) is 0 Å². The summed E-state index contributed by atoms with van der Waals surface area (Å²) in [4.78, 5) is 11.6. The minimum absolute atomic E-state index is 0.0769. The van der Waals surface area contributed by atoms with Crippen LogP contribution < -0.4 is 10.6 Å². The zero-order chi connectivity index (χ0) is 11.1. The van der Waals surface area contributed by atoms with Crippen LogP contribution in [-0.4, -0.2) is 37.1 Å². The molecular formula is C11H18N2O3. The summed E-state index contributed by atoms with van der Waals surface area (Å²) in [5.41, 5.74) is 0. The number of amides is 1. The van der Waals surface area contributed by atoms with Gasteiger partial charge in [-0.3, -0.25) is 4.79 Å². The number of carbonyl (C=O) groups is 1. The van der Waals surface area contributed by atoms with Gasteiger partial charge in [-0.1, -0.05) is 0 Å². The molecule has 0 aromatic rings. The van der Waals surface area contributed by atoms with Gasteiger partial charge in [0, 0.05) is 18.5 Å². The third-order valence-electron chi connectivity index (χ3n) is 3.44.